The first-order valence-electron chi connectivity index (χ1n) is 4.77. The van der Waals surface area contributed by atoms with Crippen LogP contribution in [-0.2, 0) is 0 Å². The fraction of sp³-hybridized carbons (Fsp3) is 0.889. The van der Waals surface area contributed by atoms with E-state index >= 15 is 0 Å². The molecular weight excluding hydrogens is 150 g/mol. The number of hydrogen-bond donors (Lipinski definition) is 2. The first kappa shape index (κ1) is 9.52. The summed E-state index contributed by atoms with van der Waals surface area (Å²) in [6, 6.07) is 0. The summed E-state index contributed by atoms with van der Waals surface area (Å²) in [7, 11) is 0. The molecule has 0 aromatic heterocycles. The quantitative estimate of drug-likeness (QED) is 0.488. The van der Waals surface area contributed by atoms with Gasteiger partial charge in [0.1, 0.15) is 0 Å². The Bertz CT molecular complexity index is 156. The molecule has 0 aromatic rings. The lowest BCUT2D eigenvalue weighted by molar-refractivity contribution is 0.332. The largest absolute Gasteiger partial charge is 0.388 e. The van der Waals surface area contributed by atoms with Crippen molar-refractivity contribution >= 4 is 5.84 Å². The Hall–Kier alpha value is -0.570. The van der Waals surface area contributed by atoms with E-state index in [-0.39, 0.29) is 0 Å². The van der Waals surface area contributed by atoms with E-state index in [2.05, 4.69) is 11.8 Å². The first-order valence-corrected chi connectivity index (χ1v) is 4.77. The van der Waals surface area contributed by atoms with E-state index in [0.29, 0.717) is 5.84 Å². The molecule has 3 N–H and O–H groups in total. The number of likely N-dealkylation sites (tertiary alicyclic amines) is 1. The van der Waals surface area contributed by atoms with Gasteiger partial charge in [-0.3, -0.25) is 5.41 Å². The third kappa shape index (κ3) is 2.81. The van der Waals surface area contributed by atoms with E-state index in [1.165, 1.54) is 25.9 Å². The second-order valence-corrected chi connectivity index (χ2v) is 3.64. The zero-order valence-corrected chi connectivity index (χ0v) is 7.84. The van der Waals surface area contributed by atoms with Gasteiger partial charge in [-0.05, 0) is 18.9 Å². The Morgan fingerprint density at radius 3 is 2.92 bits per heavy atom. The zero-order valence-electron chi connectivity index (χ0n) is 7.84. The molecule has 12 heavy (non-hydrogen) atoms. The van der Waals surface area contributed by atoms with Crippen molar-refractivity contribution in [2.24, 2.45) is 11.7 Å². The van der Waals surface area contributed by atoms with Crippen LogP contribution in [0.1, 0.15) is 26.2 Å². The minimum atomic E-state index is 0.315. The predicted octanol–water partition coefficient (Wildman–Crippen LogP) is 1.04. The van der Waals surface area contributed by atoms with Gasteiger partial charge in [-0.1, -0.05) is 13.3 Å². The summed E-state index contributed by atoms with van der Waals surface area (Å²) >= 11 is 0. The highest BCUT2D eigenvalue weighted by molar-refractivity contribution is 5.76. The van der Waals surface area contributed by atoms with Gasteiger partial charge in [0.25, 0.3) is 0 Å². The summed E-state index contributed by atoms with van der Waals surface area (Å²) in [6.07, 6.45) is 3.35. The third-order valence-corrected chi connectivity index (χ3v) is 2.64. The number of rotatable bonds is 4. The predicted molar refractivity (Wildman–Crippen MR) is 51.4 cm³/mol. The smallest absolute Gasteiger partial charge is 0.0918 e. The lowest BCUT2D eigenvalue weighted by Crippen LogP contribution is -2.25. The summed E-state index contributed by atoms with van der Waals surface area (Å²) in [5.74, 6) is 1.20. The molecule has 0 aromatic carbocycles. The molecule has 3 nitrogen and oxygen atoms in total. The highest BCUT2D eigenvalue weighted by Crippen LogP contribution is 2.18. The van der Waals surface area contributed by atoms with Gasteiger partial charge in [0.05, 0.1) is 5.84 Å². The highest BCUT2D eigenvalue weighted by Gasteiger charge is 2.19. The molecule has 1 rings (SSSR count). The van der Waals surface area contributed by atoms with Crippen LogP contribution >= 0.6 is 0 Å². The molecule has 3 heteroatoms. The first-order chi connectivity index (χ1) is 5.72. The number of nitrogens with two attached hydrogens (primary N) is 1. The Morgan fingerprint density at radius 2 is 2.42 bits per heavy atom. The lowest BCUT2D eigenvalue weighted by atomic mass is 10.1. The summed E-state index contributed by atoms with van der Waals surface area (Å²) in [5.41, 5.74) is 5.29. The average molecular weight is 169 g/mol. The Morgan fingerprint density at radius 1 is 1.67 bits per heavy atom. The van der Waals surface area contributed by atoms with Crippen molar-refractivity contribution in [3.63, 3.8) is 0 Å². The molecule has 0 bridgehead atoms. The van der Waals surface area contributed by atoms with Crippen molar-refractivity contribution in [1.29, 1.82) is 5.41 Å². The zero-order chi connectivity index (χ0) is 8.97. The SMILES string of the molecule is CCC1CCN(CCC(=N)N)C1. The van der Waals surface area contributed by atoms with E-state index in [9.17, 15) is 0 Å². The maximum Gasteiger partial charge on any atom is 0.0918 e. The second kappa shape index (κ2) is 4.45. The number of nitrogens with one attached hydrogen (secondary N) is 1. The summed E-state index contributed by atoms with van der Waals surface area (Å²) in [5, 5.41) is 7.10. The van der Waals surface area contributed by atoms with E-state index in [4.69, 9.17) is 11.1 Å². The highest BCUT2D eigenvalue weighted by atomic mass is 15.1. The van der Waals surface area contributed by atoms with Crippen LogP contribution < -0.4 is 5.73 Å². The summed E-state index contributed by atoms with van der Waals surface area (Å²) in [6.45, 7) is 5.64. The third-order valence-electron chi connectivity index (χ3n) is 2.64. The van der Waals surface area contributed by atoms with Gasteiger partial charge < -0.3 is 10.6 Å². The van der Waals surface area contributed by atoms with E-state index < -0.39 is 0 Å². The van der Waals surface area contributed by atoms with Gasteiger partial charge in [-0.2, -0.15) is 0 Å². The molecule has 1 fully saturated rings. The van der Waals surface area contributed by atoms with Crippen molar-refractivity contribution in [2.45, 2.75) is 26.2 Å². The van der Waals surface area contributed by atoms with Crippen molar-refractivity contribution in [1.82, 2.24) is 4.90 Å². The lowest BCUT2D eigenvalue weighted by Gasteiger charge is -2.14. The molecule has 70 valence electrons. The molecule has 0 amide bonds. The number of hydrogen-bond acceptors (Lipinski definition) is 2. The minimum Gasteiger partial charge on any atom is -0.388 e. The van der Waals surface area contributed by atoms with E-state index in [1.54, 1.807) is 0 Å². The topological polar surface area (TPSA) is 53.1 Å². The van der Waals surface area contributed by atoms with Gasteiger partial charge >= 0.3 is 0 Å². The van der Waals surface area contributed by atoms with Crippen LogP contribution in [0.2, 0.25) is 0 Å². The van der Waals surface area contributed by atoms with Gasteiger partial charge in [0.15, 0.2) is 0 Å². The molecule has 1 saturated heterocycles. The number of nitrogens with zero attached hydrogens (tertiary/aromatic N) is 1. The van der Waals surface area contributed by atoms with Crippen LogP contribution in [0.5, 0.6) is 0 Å². The Balaban J connectivity index is 2.15. The average Bonchev–Trinajstić information content (AvgIpc) is 2.48. The molecule has 0 aliphatic carbocycles. The Labute approximate surface area is 74.4 Å². The van der Waals surface area contributed by atoms with Crippen LogP contribution in [0.3, 0.4) is 0 Å². The molecule has 1 aliphatic rings. The van der Waals surface area contributed by atoms with Crippen LogP contribution in [0.15, 0.2) is 0 Å². The molecule has 0 saturated carbocycles. The van der Waals surface area contributed by atoms with Crippen molar-refractivity contribution in [2.75, 3.05) is 19.6 Å². The summed E-state index contributed by atoms with van der Waals surface area (Å²) < 4.78 is 0. The van der Waals surface area contributed by atoms with Crippen molar-refractivity contribution in [3.05, 3.63) is 0 Å². The molecule has 1 heterocycles. The molecule has 1 unspecified atom stereocenters. The van der Waals surface area contributed by atoms with E-state index in [1.807, 2.05) is 0 Å². The van der Waals surface area contributed by atoms with Gasteiger partial charge in [-0.15, -0.1) is 0 Å². The molecule has 0 spiro atoms. The van der Waals surface area contributed by atoms with Gasteiger partial charge in [0.2, 0.25) is 0 Å². The fourth-order valence-electron chi connectivity index (χ4n) is 1.73. The van der Waals surface area contributed by atoms with Gasteiger partial charge in [0, 0.05) is 19.5 Å². The monoisotopic (exact) mass is 169 g/mol. The normalized spacial score (nSPS) is 24.6. The van der Waals surface area contributed by atoms with Crippen LogP contribution in [-0.4, -0.2) is 30.4 Å². The van der Waals surface area contributed by atoms with Crippen molar-refractivity contribution in [3.8, 4) is 0 Å². The summed E-state index contributed by atoms with van der Waals surface area (Å²) in [4.78, 5) is 2.41. The van der Waals surface area contributed by atoms with Crippen LogP contribution in [0.4, 0.5) is 0 Å². The molecule has 0 radical (unpaired) electrons. The maximum absolute atomic E-state index is 7.10. The standard InChI is InChI=1S/C9H19N3/c1-2-8-3-5-12(7-8)6-4-9(10)11/h8H,2-7H2,1H3,(H3,10,11). The second-order valence-electron chi connectivity index (χ2n) is 3.64. The van der Waals surface area contributed by atoms with Crippen molar-refractivity contribution < 1.29 is 0 Å². The number of amidine groups is 1. The minimum absolute atomic E-state index is 0.315. The maximum atomic E-state index is 7.10. The Kier molecular flexibility index (Phi) is 3.53. The molecule has 1 aliphatic heterocycles. The van der Waals surface area contributed by atoms with Crippen LogP contribution in [0, 0.1) is 11.3 Å². The van der Waals surface area contributed by atoms with E-state index in [0.717, 1.165) is 18.9 Å². The molecular formula is C9H19N3. The van der Waals surface area contributed by atoms with Crippen LogP contribution in [0.25, 0.3) is 0 Å². The molecule has 1 atom stereocenters. The van der Waals surface area contributed by atoms with Gasteiger partial charge in [-0.25, -0.2) is 0 Å². The fourth-order valence-corrected chi connectivity index (χ4v) is 1.73.